The summed E-state index contributed by atoms with van der Waals surface area (Å²) in [6.07, 6.45) is 6.67. The fourth-order valence-electron chi connectivity index (χ4n) is 2.72. The molecule has 6 heteroatoms. The predicted molar refractivity (Wildman–Crippen MR) is 107 cm³/mol. The first-order valence-electron chi connectivity index (χ1n) is 8.95. The molecular formula is C21H24ClN3O2. The Morgan fingerprint density at radius 1 is 1.07 bits per heavy atom. The Balaban J connectivity index is 1.47. The summed E-state index contributed by atoms with van der Waals surface area (Å²) >= 11 is 5.91. The molecule has 5 nitrogen and oxygen atoms in total. The third-order valence-electron chi connectivity index (χ3n) is 4.19. The minimum atomic E-state index is 0.472. The number of methoxy groups -OCH3 is 1. The molecule has 0 unspecified atom stereocenters. The van der Waals surface area contributed by atoms with Crippen LogP contribution in [-0.4, -0.2) is 23.2 Å². The minimum absolute atomic E-state index is 0.472. The second kappa shape index (κ2) is 10.00. The van der Waals surface area contributed by atoms with Crippen molar-refractivity contribution in [2.24, 2.45) is 0 Å². The zero-order valence-corrected chi connectivity index (χ0v) is 16.2. The van der Waals surface area contributed by atoms with Crippen LogP contribution in [0.15, 0.2) is 61.2 Å². The molecule has 0 aliphatic carbocycles. The van der Waals surface area contributed by atoms with Crippen molar-refractivity contribution in [2.75, 3.05) is 13.7 Å². The number of aryl methyl sites for hydroxylation is 1. The van der Waals surface area contributed by atoms with Crippen molar-refractivity contribution >= 4 is 11.6 Å². The van der Waals surface area contributed by atoms with Crippen LogP contribution in [0.25, 0.3) is 0 Å². The van der Waals surface area contributed by atoms with Crippen molar-refractivity contribution in [1.29, 1.82) is 0 Å². The fraction of sp³-hybridized carbons (Fsp3) is 0.286. The van der Waals surface area contributed by atoms with Gasteiger partial charge in [-0.3, -0.25) is 0 Å². The van der Waals surface area contributed by atoms with Gasteiger partial charge in [0, 0.05) is 30.5 Å². The van der Waals surface area contributed by atoms with Gasteiger partial charge in [0.25, 0.3) is 0 Å². The van der Waals surface area contributed by atoms with Gasteiger partial charge in [-0.1, -0.05) is 29.8 Å². The van der Waals surface area contributed by atoms with Crippen LogP contribution in [0.2, 0.25) is 5.02 Å². The van der Waals surface area contributed by atoms with Gasteiger partial charge >= 0.3 is 0 Å². The van der Waals surface area contributed by atoms with Gasteiger partial charge in [-0.15, -0.1) is 0 Å². The van der Waals surface area contributed by atoms with Crippen LogP contribution < -0.4 is 14.8 Å². The van der Waals surface area contributed by atoms with Crippen molar-refractivity contribution in [3.05, 3.63) is 77.3 Å². The summed E-state index contributed by atoms with van der Waals surface area (Å²) in [5.74, 6) is 1.47. The van der Waals surface area contributed by atoms with E-state index < -0.39 is 0 Å². The average molecular weight is 386 g/mol. The molecule has 0 amide bonds. The summed E-state index contributed by atoms with van der Waals surface area (Å²) in [6, 6.07) is 13.7. The minimum Gasteiger partial charge on any atom is -0.493 e. The number of ether oxygens (including phenoxy) is 2. The lowest BCUT2D eigenvalue weighted by Gasteiger charge is -2.13. The number of halogens is 1. The average Bonchev–Trinajstić information content (AvgIpc) is 3.21. The van der Waals surface area contributed by atoms with E-state index in [9.17, 15) is 0 Å². The molecule has 0 aliphatic heterocycles. The summed E-state index contributed by atoms with van der Waals surface area (Å²) in [4.78, 5) is 4.05. The molecule has 2 aromatic carbocycles. The van der Waals surface area contributed by atoms with Gasteiger partial charge < -0.3 is 19.4 Å². The predicted octanol–water partition coefficient (Wildman–Crippen LogP) is 4.30. The van der Waals surface area contributed by atoms with Crippen molar-refractivity contribution in [1.82, 2.24) is 14.9 Å². The van der Waals surface area contributed by atoms with Crippen molar-refractivity contribution < 1.29 is 9.47 Å². The number of rotatable bonds is 10. The van der Waals surface area contributed by atoms with Crippen LogP contribution in [0.5, 0.6) is 11.5 Å². The van der Waals surface area contributed by atoms with Crippen molar-refractivity contribution in [3.63, 3.8) is 0 Å². The number of nitrogens with zero attached hydrogens (tertiary/aromatic N) is 2. The molecule has 0 bridgehead atoms. The lowest BCUT2D eigenvalue weighted by Crippen LogP contribution is -2.16. The van der Waals surface area contributed by atoms with Gasteiger partial charge in [0.15, 0.2) is 11.5 Å². The Labute approximate surface area is 164 Å². The van der Waals surface area contributed by atoms with Gasteiger partial charge in [-0.25, -0.2) is 4.98 Å². The molecule has 0 spiro atoms. The Morgan fingerprint density at radius 3 is 2.63 bits per heavy atom. The number of hydrogen-bond acceptors (Lipinski definition) is 4. The zero-order chi connectivity index (χ0) is 18.9. The SMILES string of the molecule is COc1cc(CNCCCn2ccnc2)ccc1OCc1ccc(Cl)cc1. The van der Waals surface area contributed by atoms with Crippen LogP contribution in [0.4, 0.5) is 0 Å². The molecule has 1 aromatic heterocycles. The molecule has 0 fully saturated rings. The van der Waals surface area contributed by atoms with E-state index in [1.165, 1.54) is 0 Å². The van der Waals surface area contributed by atoms with Gasteiger partial charge in [0.05, 0.1) is 13.4 Å². The summed E-state index contributed by atoms with van der Waals surface area (Å²) < 4.78 is 13.5. The van der Waals surface area contributed by atoms with E-state index in [2.05, 4.69) is 20.9 Å². The van der Waals surface area contributed by atoms with Crippen LogP contribution in [0.3, 0.4) is 0 Å². The first-order chi connectivity index (χ1) is 13.2. The second-order valence-corrected chi connectivity index (χ2v) is 6.67. The molecule has 0 aliphatic rings. The number of imidazole rings is 1. The zero-order valence-electron chi connectivity index (χ0n) is 15.4. The Kier molecular flexibility index (Phi) is 7.13. The van der Waals surface area contributed by atoms with E-state index in [-0.39, 0.29) is 0 Å². The highest BCUT2D eigenvalue weighted by Gasteiger charge is 2.06. The first-order valence-corrected chi connectivity index (χ1v) is 9.33. The normalized spacial score (nSPS) is 10.7. The molecule has 0 atom stereocenters. The van der Waals surface area contributed by atoms with E-state index in [0.29, 0.717) is 6.61 Å². The molecule has 3 rings (SSSR count). The van der Waals surface area contributed by atoms with Crippen LogP contribution in [-0.2, 0) is 19.7 Å². The lowest BCUT2D eigenvalue weighted by molar-refractivity contribution is 0.284. The monoisotopic (exact) mass is 385 g/mol. The van der Waals surface area contributed by atoms with E-state index in [0.717, 1.165) is 53.7 Å². The molecule has 3 aromatic rings. The van der Waals surface area contributed by atoms with Crippen LogP contribution in [0.1, 0.15) is 17.5 Å². The van der Waals surface area contributed by atoms with E-state index in [4.69, 9.17) is 21.1 Å². The summed E-state index contributed by atoms with van der Waals surface area (Å²) in [7, 11) is 1.66. The standard InChI is InChI=1S/C21H24ClN3O2/c1-26-21-13-18(14-23-9-2-11-25-12-10-24-16-25)5-8-20(21)27-15-17-3-6-19(22)7-4-17/h3-8,10,12-13,16,23H,2,9,11,14-15H2,1H3. The number of hydrogen-bond donors (Lipinski definition) is 1. The van der Waals surface area contributed by atoms with Crippen molar-refractivity contribution in [2.45, 2.75) is 26.1 Å². The molecule has 142 valence electrons. The van der Waals surface area contributed by atoms with E-state index in [1.54, 1.807) is 13.3 Å². The van der Waals surface area contributed by atoms with E-state index >= 15 is 0 Å². The van der Waals surface area contributed by atoms with Crippen LogP contribution >= 0.6 is 11.6 Å². The van der Waals surface area contributed by atoms with Crippen molar-refractivity contribution in [3.8, 4) is 11.5 Å². The summed E-state index contributed by atoms with van der Waals surface area (Å²) in [5, 5.41) is 4.18. The highest BCUT2D eigenvalue weighted by Crippen LogP contribution is 2.29. The highest BCUT2D eigenvalue weighted by molar-refractivity contribution is 6.30. The van der Waals surface area contributed by atoms with Gasteiger partial charge in [-0.05, 0) is 48.4 Å². The molecular weight excluding hydrogens is 362 g/mol. The molecule has 0 saturated carbocycles. The largest absolute Gasteiger partial charge is 0.493 e. The Morgan fingerprint density at radius 2 is 1.89 bits per heavy atom. The van der Waals surface area contributed by atoms with E-state index in [1.807, 2.05) is 48.9 Å². The molecule has 0 radical (unpaired) electrons. The van der Waals surface area contributed by atoms with Crippen LogP contribution in [0, 0.1) is 0 Å². The summed E-state index contributed by atoms with van der Waals surface area (Å²) in [5.41, 5.74) is 2.22. The quantitative estimate of drug-likeness (QED) is 0.528. The molecule has 0 saturated heterocycles. The third kappa shape index (κ3) is 6.01. The lowest BCUT2D eigenvalue weighted by atomic mass is 10.2. The fourth-order valence-corrected chi connectivity index (χ4v) is 2.85. The van der Waals surface area contributed by atoms with Gasteiger partial charge in [0.1, 0.15) is 6.61 Å². The molecule has 1 heterocycles. The maximum absolute atomic E-state index is 5.91. The smallest absolute Gasteiger partial charge is 0.161 e. The topological polar surface area (TPSA) is 48.3 Å². The Hall–Kier alpha value is -2.50. The number of nitrogens with one attached hydrogen (secondary N) is 1. The second-order valence-electron chi connectivity index (χ2n) is 6.23. The Bertz CT molecular complexity index is 820. The molecule has 1 N–H and O–H groups in total. The van der Waals surface area contributed by atoms with Gasteiger partial charge in [-0.2, -0.15) is 0 Å². The molecule has 27 heavy (non-hydrogen) atoms. The maximum Gasteiger partial charge on any atom is 0.161 e. The third-order valence-corrected chi connectivity index (χ3v) is 4.45. The summed E-state index contributed by atoms with van der Waals surface area (Å²) in [6.45, 7) is 3.17. The first kappa shape index (κ1) is 19.3. The highest BCUT2D eigenvalue weighted by atomic mass is 35.5. The van der Waals surface area contributed by atoms with Gasteiger partial charge in [0.2, 0.25) is 0 Å². The number of aromatic nitrogens is 2. The maximum atomic E-state index is 5.91. The number of benzene rings is 2.